The van der Waals surface area contributed by atoms with E-state index in [1.165, 1.54) is 23.7 Å². The fourth-order valence-electron chi connectivity index (χ4n) is 3.46. The summed E-state index contributed by atoms with van der Waals surface area (Å²) < 4.78 is 10.6. The molecule has 4 rings (SSSR count). The number of aromatic hydroxyl groups is 2. The first kappa shape index (κ1) is 21.1. The van der Waals surface area contributed by atoms with Crippen molar-refractivity contribution >= 4 is 33.7 Å². The quantitative estimate of drug-likeness (QED) is 0.220. The molecule has 0 spiro atoms. The lowest BCUT2D eigenvalue weighted by atomic mass is 9.96. The van der Waals surface area contributed by atoms with E-state index in [0.717, 1.165) is 21.9 Å². The van der Waals surface area contributed by atoms with E-state index in [2.05, 4.69) is 4.74 Å². The zero-order valence-electron chi connectivity index (χ0n) is 16.9. The van der Waals surface area contributed by atoms with E-state index in [9.17, 15) is 19.8 Å². The fraction of sp³-hybridized carbons (Fsp3) is 0.0400. The Labute approximate surface area is 187 Å². The molecule has 0 saturated carbocycles. The van der Waals surface area contributed by atoms with Crippen LogP contribution in [0.15, 0.2) is 73.2 Å². The molecule has 160 valence electrons. The van der Waals surface area contributed by atoms with Crippen LogP contribution in [-0.2, 0) is 9.53 Å². The standard InChI is InChI=1S/C25H18O6S/c1-15-3-2-4-20(28)22(15)24(29)25-23(19-10-7-17(27)13-21(19)32-25)16-5-8-18(9-6-16)31-12-11-30-14-26/h2-14,27-28H,1H3/b12-11+. The van der Waals surface area contributed by atoms with E-state index >= 15 is 0 Å². The Balaban J connectivity index is 1.82. The van der Waals surface area contributed by atoms with Crippen LogP contribution in [0.3, 0.4) is 0 Å². The highest BCUT2D eigenvalue weighted by Crippen LogP contribution is 2.42. The lowest BCUT2D eigenvalue weighted by Crippen LogP contribution is -2.03. The number of fused-ring (bicyclic) bond motifs is 1. The van der Waals surface area contributed by atoms with Crippen molar-refractivity contribution in [1.29, 1.82) is 0 Å². The van der Waals surface area contributed by atoms with Crippen molar-refractivity contribution in [2.45, 2.75) is 6.92 Å². The van der Waals surface area contributed by atoms with E-state index in [1.54, 1.807) is 49.4 Å². The molecule has 7 heteroatoms. The van der Waals surface area contributed by atoms with Gasteiger partial charge in [0.05, 0.1) is 10.4 Å². The van der Waals surface area contributed by atoms with Gasteiger partial charge in [0.1, 0.15) is 29.8 Å². The fourth-order valence-corrected chi connectivity index (χ4v) is 4.67. The van der Waals surface area contributed by atoms with Gasteiger partial charge in [-0.2, -0.15) is 0 Å². The van der Waals surface area contributed by atoms with Crippen LogP contribution in [0.25, 0.3) is 21.2 Å². The minimum Gasteiger partial charge on any atom is -0.508 e. The maximum absolute atomic E-state index is 13.5. The number of carbonyl (C=O) groups is 2. The molecule has 4 aromatic rings. The van der Waals surface area contributed by atoms with Gasteiger partial charge in [0, 0.05) is 15.6 Å². The van der Waals surface area contributed by atoms with Gasteiger partial charge >= 0.3 is 0 Å². The highest BCUT2D eigenvalue weighted by Gasteiger charge is 2.24. The molecule has 0 aliphatic carbocycles. The Kier molecular flexibility index (Phi) is 5.91. The molecule has 1 aromatic heterocycles. The summed E-state index contributed by atoms with van der Waals surface area (Å²) in [5.74, 6) is 0.261. The molecular formula is C25H18O6S. The summed E-state index contributed by atoms with van der Waals surface area (Å²) in [7, 11) is 0. The van der Waals surface area contributed by atoms with Gasteiger partial charge < -0.3 is 19.7 Å². The normalized spacial score (nSPS) is 11.0. The minimum atomic E-state index is -0.287. The van der Waals surface area contributed by atoms with Gasteiger partial charge in [0.2, 0.25) is 5.78 Å². The Morgan fingerprint density at radius 2 is 1.78 bits per heavy atom. The van der Waals surface area contributed by atoms with Gasteiger partial charge in [0.25, 0.3) is 6.47 Å². The second-order valence-corrected chi connectivity index (χ2v) is 7.98. The number of aryl methyl sites for hydroxylation is 1. The number of thiophene rings is 1. The van der Waals surface area contributed by atoms with Crippen LogP contribution < -0.4 is 4.74 Å². The van der Waals surface area contributed by atoms with Gasteiger partial charge in [-0.1, -0.05) is 24.3 Å². The first-order valence-corrected chi connectivity index (χ1v) is 10.4. The second kappa shape index (κ2) is 8.95. The van der Waals surface area contributed by atoms with Crippen molar-refractivity contribution in [2.24, 2.45) is 0 Å². The van der Waals surface area contributed by atoms with Crippen LogP contribution in [0.1, 0.15) is 20.8 Å². The van der Waals surface area contributed by atoms with Crippen molar-refractivity contribution in [3.05, 3.63) is 89.2 Å². The van der Waals surface area contributed by atoms with Crippen LogP contribution in [0, 0.1) is 6.92 Å². The smallest absolute Gasteiger partial charge is 0.298 e. The Bertz CT molecular complexity index is 1310. The maximum Gasteiger partial charge on any atom is 0.298 e. The van der Waals surface area contributed by atoms with Crippen LogP contribution in [0.5, 0.6) is 17.2 Å². The Morgan fingerprint density at radius 3 is 2.50 bits per heavy atom. The topological polar surface area (TPSA) is 93.1 Å². The number of hydrogen-bond donors (Lipinski definition) is 2. The van der Waals surface area contributed by atoms with E-state index in [1.807, 2.05) is 12.1 Å². The van der Waals surface area contributed by atoms with Gasteiger partial charge in [-0.25, -0.2) is 0 Å². The van der Waals surface area contributed by atoms with Crippen molar-refractivity contribution in [3.8, 4) is 28.4 Å². The summed E-state index contributed by atoms with van der Waals surface area (Å²) in [6.07, 6.45) is 2.35. The number of ketones is 1. The molecule has 0 aliphatic rings. The molecule has 6 nitrogen and oxygen atoms in total. The summed E-state index contributed by atoms with van der Waals surface area (Å²) in [5, 5.41) is 21.1. The number of benzene rings is 3. The molecule has 2 N–H and O–H groups in total. The predicted octanol–water partition coefficient (Wildman–Crippen LogP) is 5.54. The molecule has 0 radical (unpaired) electrons. The first-order valence-electron chi connectivity index (χ1n) is 9.59. The molecule has 0 fully saturated rings. The Hall–Kier alpha value is -4.10. The summed E-state index contributed by atoms with van der Waals surface area (Å²) in [4.78, 5) is 24.1. The first-order chi connectivity index (χ1) is 15.5. The van der Waals surface area contributed by atoms with Crippen LogP contribution in [-0.4, -0.2) is 22.5 Å². The molecule has 0 unspecified atom stereocenters. The summed E-state index contributed by atoms with van der Waals surface area (Å²) in [5.41, 5.74) is 2.42. The summed E-state index contributed by atoms with van der Waals surface area (Å²) >= 11 is 1.26. The molecule has 0 bridgehead atoms. The van der Waals surface area contributed by atoms with Crippen LogP contribution in [0.4, 0.5) is 0 Å². The number of hydrogen-bond acceptors (Lipinski definition) is 7. The van der Waals surface area contributed by atoms with E-state index < -0.39 is 0 Å². The third kappa shape index (κ3) is 4.06. The van der Waals surface area contributed by atoms with Crippen LogP contribution in [0.2, 0.25) is 0 Å². The van der Waals surface area contributed by atoms with Gasteiger partial charge in [-0.15, -0.1) is 11.3 Å². The lowest BCUT2D eigenvalue weighted by molar-refractivity contribution is -0.123. The number of ether oxygens (including phenoxy) is 2. The number of rotatable bonds is 7. The van der Waals surface area contributed by atoms with Crippen molar-refractivity contribution in [1.82, 2.24) is 0 Å². The van der Waals surface area contributed by atoms with E-state index in [-0.39, 0.29) is 29.3 Å². The van der Waals surface area contributed by atoms with Crippen LogP contribution >= 0.6 is 11.3 Å². The predicted molar refractivity (Wildman–Crippen MR) is 122 cm³/mol. The molecule has 0 atom stereocenters. The average molecular weight is 446 g/mol. The summed E-state index contributed by atoms with van der Waals surface area (Å²) in [6, 6.07) is 17.0. The largest absolute Gasteiger partial charge is 0.508 e. The number of phenolic OH excluding ortho intramolecular Hbond substituents is 2. The van der Waals surface area contributed by atoms with Gasteiger partial charge in [0.15, 0.2) is 0 Å². The third-order valence-electron chi connectivity index (χ3n) is 4.89. The van der Waals surface area contributed by atoms with Crippen molar-refractivity contribution < 1.29 is 29.3 Å². The number of phenols is 2. The third-order valence-corrected chi connectivity index (χ3v) is 6.05. The number of carbonyl (C=O) groups excluding carboxylic acids is 2. The molecule has 0 amide bonds. The van der Waals surface area contributed by atoms with Crippen molar-refractivity contribution in [3.63, 3.8) is 0 Å². The Morgan fingerprint density at radius 1 is 1.00 bits per heavy atom. The molecule has 0 saturated heterocycles. The van der Waals surface area contributed by atoms with Crippen molar-refractivity contribution in [2.75, 3.05) is 0 Å². The molecule has 0 aliphatic heterocycles. The van der Waals surface area contributed by atoms with E-state index in [0.29, 0.717) is 21.8 Å². The highest BCUT2D eigenvalue weighted by atomic mass is 32.1. The maximum atomic E-state index is 13.5. The average Bonchev–Trinajstić information content (AvgIpc) is 3.15. The summed E-state index contributed by atoms with van der Waals surface area (Å²) in [6.45, 7) is 2.06. The zero-order valence-corrected chi connectivity index (χ0v) is 17.8. The zero-order chi connectivity index (χ0) is 22.7. The highest BCUT2D eigenvalue weighted by molar-refractivity contribution is 7.21. The van der Waals surface area contributed by atoms with E-state index in [4.69, 9.17) is 4.74 Å². The monoisotopic (exact) mass is 446 g/mol. The van der Waals surface area contributed by atoms with Gasteiger partial charge in [-0.3, -0.25) is 9.59 Å². The lowest BCUT2D eigenvalue weighted by Gasteiger charge is -2.09. The minimum absolute atomic E-state index is 0.0747. The molecule has 3 aromatic carbocycles. The second-order valence-electron chi connectivity index (χ2n) is 6.93. The SMILES string of the molecule is Cc1cccc(O)c1C(=O)c1sc2cc(O)ccc2c1-c1ccc(O/C=C/OC=O)cc1. The molecular weight excluding hydrogens is 428 g/mol. The molecule has 32 heavy (non-hydrogen) atoms. The molecule has 1 heterocycles. The van der Waals surface area contributed by atoms with Gasteiger partial charge in [-0.05, 0) is 54.4 Å².